The average Bonchev–Trinajstić information content (AvgIpc) is 2.96. The molecule has 0 bridgehead atoms. The number of rotatable bonds is 24. The maximum Gasteiger partial charge on any atom is 0.347 e. The van der Waals surface area contributed by atoms with Crippen molar-refractivity contribution in [1.29, 1.82) is 0 Å². The smallest absolute Gasteiger partial charge is 0.347 e. The Morgan fingerprint density at radius 2 is 0.550 bits per heavy atom. The highest BCUT2D eigenvalue weighted by Gasteiger charge is 2.59. The Bertz CT molecular complexity index is 602. The molecule has 0 spiro atoms. The van der Waals surface area contributed by atoms with Gasteiger partial charge in [-0.25, -0.2) is 0 Å². The molecule has 0 N–H and O–H groups in total. The minimum Gasteiger partial charge on any atom is -0.409 e. The Kier molecular flexibility index (Phi) is 19.4. The molecule has 4 nitrogen and oxygen atoms in total. The molecule has 1 saturated heterocycles. The van der Waals surface area contributed by atoms with Crippen LogP contribution in [0.5, 0.6) is 0 Å². The van der Waals surface area contributed by atoms with Gasteiger partial charge in [0.15, 0.2) is 0 Å². The van der Waals surface area contributed by atoms with Gasteiger partial charge in [-0.1, -0.05) is 153 Å². The second-order valence-corrected chi connectivity index (χ2v) is 25.1. The van der Waals surface area contributed by atoms with E-state index in [0.717, 1.165) is 49.9 Å². The second kappa shape index (κ2) is 20.6. The molecule has 1 heterocycles. The molecule has 0 amide bonds. The first kappa shape index (κ1) is 37.7. The van der Waals surface area contributed by atoms with Gasteiger partial charge >= 0.3 is 34.2 Å². The van der Waals surface area contributed by atoms with Crippen LogP contribution in [-0.2, 0) is 16.5 Å². The van der Waals surface area contributed by atoms with Crippen LogP contribution in [-0.4, -0.2) is 34.2 Å². The van der Waals surface area contributed by atoms with E-state index in [9.17, 15) is 0 Å². The van der Waals surface area contributed by atoms with Gasteiger partial charge in [0.25, 0.3) is 0 Å². The summed E-state index contributed by atoms with van der Waals surface area (Å²) in [5.74, 6) is 0. The molecule has 0 saturated carbocycles. The standard InChI is InChI=1S/C32H64O4Si4/c1-9-17-21-25-29-37(13-5)33-38(14-6,30-26-22-18-10-2)35-40(16-8,32-28-24-20-12-4)36-39(15-7,34-37)31-27-23-19-11-3/h13-16H,5-12,17-32H2,1-4H3. The fraction of sp³-hybridized carbons (Fsp3) is 0.750. The third kappa shape index (κ3) is 12.5. The molecule has 0 aliphatic carbocycles. The van der Waals surface area contributed by atoms with E-state index < -0.39 is 34.2 Å². The maximum absolute atomic E-state index is 7.39. The first-order valence-electron chi connectivity index (χ1n) is 16.7. The Hall–Kier alpha value is -0.332. The highest BCUT2D eigenvalue weighted by Crippen LogP contribution is 2.41. The molecular formula is C32H64O4Si4. The number of hydrogen-bond donors (Lipinski definition) is 0. The van der Waals surface area contributed by atoms with Crippen LogP contribution in [0.3, 0.4) is 0 Å². The van der Waals surface area contributed by atoms with Crippen LogP contribution in [0.15, 0.2) is 49.1 Å². The third-order valence-corrected chi connectivity index (χ3v) is 25.9. The Balaban J connectivity index is 3.59. The zero-order valence-electron chi connectivity index (χ0n) is 26.9. The van der Waals surface area contributed by atoms with Crippen molar-refractivity contribution in [2.24, 2.45) is 0 Å². The van der Waals surface area contributed by atoms with Crippen molar-refractivity contribution in [3.63, 3.8) is 0 Å². The normalized spacial score (nSPS) is 28.9. The lowest BCUT2D eigenvalue weighted by Gasteiger charge is -2.51. The van der Waals surface area contributed by atoms with Crippen molar-refractivity contribution < 1.29 is 16.5 Å². The summed E-state index contributed by atoms with van der Waals surface area (Å²) in [6, 6.07) is 3.55. The van der Waals surface area contributed by atoms with Gasteiger partial charge in [-0.2, -0.15) is 0 Å². The van der Waals surface area contributed by atoms with Crippen molar-refractivity contribution in [3.05, 3.63) is 49.1 Å². The third-order valence-electron chi connectivity index (χ3n) is 8.14. The van der Waals surface area contributed by atoms with Gasteiger partial charge in [-0.3, -0.25) is 0 Å². The van der Waals surface area contributed by atoms with E-state index in [-0.39, 0.29) is 0 Å². The maximum atomic E-state index is 7.39. The van der Waals surface area contributed by atoms with Crippen LogP contribution in [0.1, 0.15) is 130 Å². The van der Waals surface area contributed by atoms with Crippen molar-refractivity contribution >= 4 is 34.2 Å². The highest BCUT2D eigenvalue weighted by molar-refractivity contribution is 6.99. The largest absolute Gasteiger partial charge is 0.409 e. The topological polar surface area (TPSA) is 36.9 Å². The minimum absolute atomic E-state index is 0.886. The molecule has 232 valence electrons. The summed E-state index contributed by atoms with van der Waals surface area (Å²) in [5.41, 5.74) is 8.13. The summed E-state index contributed by atoms with van der Waals surface area (Å²) < 4.78 is 29.5. The van der Waals surface area contributed by atoms with E-state index in [1.54, 1.807) is 0 Å². The van der Waals surface area contributed by atoms with Gasteiger partial charge in [0.1, 0.15) is 0 Å². The van der Waals surface area contributed by atoms with E-state index in [0.29, 0.717) is 0 Å². The van der Waals surface area contributed by atoms with Crippen LogP contribution in [0, 0.1) is 0 Å². The Labute approximate surface area is 253 Å². The van der Waals surface area contributed by atoms with Crippen molar-refractivity contribution in [1.82, 2.24) is 0 Å². The summed E-state index contributed by atoms with van der Waals surface area (Å²) in [7, 11) is -11.5. The predicted octanol–water partition coefficient (Wildman–Crippen LogP) is 11.1. The summed E-state index contributed by atoms with van der Waals surface area (Å²) >= 11 is 0. The van der Waals surface area contributed by atoms with E-state index >= 15 is 0 Å². The summed E-state index contributed by atoms with van der Waals surface area (Å²) in [4.78, 5) is 0. The number of hydrogen-bond acceptors (Lipinski definition) is 4. The molecule has 0 radical (unpaired) electrons. The molecule has 1 aliphatic rings. The molecule has 0 atom stereocenters. The second-order valence-electron chi connectivity index (χ2n) is 11.7. The quantitative estimate of drug-likeness (QED) is 0.0790. The van der Waals surface area contributed by atoms with Gasteiger partial charge in [0, 0.05) is 0 Å². The monoisotopic (exact) mass is 624 g/mol. The van der Waals surface area contributed by atoms with Gasteiger partial charge in [-0.15, -0.1) is 26.3 Å². The van der Waals surface area contributed by atoms with Crippen LogP contribution < -0.4 is 0 Å². The van der Waals surface area contributed by atoms with Crippen molar-refractivity contribution in [2.75, 3.05) is 0 Å². The van der Waals surface area contributed by atoms with E-state index in [1.165, 1.54) is 77.0 Å². The molecule has 1 fully saturated rings. The average molecular weight is 625 g/mol. The molecule has 0 unspecified atom stereocenters. The lowest BCUT2D eigenvalue weighted by molar-refractivity contribution is 0.231. The molecule has 1 rings (SSSR count). The van der Waals surface area contributed by atoms with Crippen LogP contribution in [0.4, 0.5) is 0 Å². The van der Waals surface area contributed by atoms with Gasteiger partial charge in [0.05, 0.1) is 0 Å². The van der Waals surface area contributed by atoms with E-state index in [1.807, 2.05) is 22.8 Å². The molecular weight excluding hydrogens is 561 g/mol. The van der Waals surface area contributed by atoms with Crippen molar-refractivity contribution in [2.45, 2.75) is 155 Å². The molecule has 0 aromatic carbocycles. The fourth-order valence-electron chi connectivity index (χ4n) is 5.60. The highest BCUT2D eigenvalue weighted by atomic mass is 28.5. The molecule has 1 aliphatic heterocycles. The van der Waals surface area contributed by atoms with Gasteiger partial charge < -0.3 is 16.5 Å². The predicted molar refractivity (Wildman–Crippen MR) is 184 cm³/mol. The zero-order valence-corrected chi connectivity index (χ0v) is 30.9. The van der Waals surface area contributed by atoms with Gasteiger partial charge in [-0.05, 0) is 24.2 Å². The zero-order chi connectivity index (χ0) is 29.8. The molecule has 0 aromatic heterocycles. The van der Waals surface area contributed by atoms with Crippen LogP contribution >= 0.6 is 0 Å². The molecule has 8 heteroatoms. The lowest BCUT2D eigenvalue weighted by atomic mass is 10.2. The SMILES string of the molecule is C=C[Si]1(CCCCCC)O[Si](C=C)(CCCCCC)O[Si](C=C)(CCCCCC)O[Si](C=C)(CCCCCC)O1. The minimum atomic E-state index is -2.88. The summed E-state index contributed by atoms with van der Waals surface area (Å²) in [6.07, 6.45) is 18.7. The summed E-state index contributed by atoms with van der Waals surface area (Å²) in [6.45, 7) is 26.4. The molecule has 0 aromatic rings. The van der Waals surface area contributed by atoms with E-state index in [2.05, 4.69) is 54.0 Å². The lowest BCUT2D eigenvalue weighted by Crippen LogP contribution is -2.68. The summed E-state index contributed by atoms with van der Waals surface area (Å²) in [5, 5.41) is 0. The van der Waals surface area contributed by atoms with E-state index in [4.69, 9.17) is 16.5 Å². The Morgan fingerprint density at radius 3 is 0.700 bits per heavy atom. The fourth-order valence-corrected chi connectivity index (χ4v) is 26.8. The first-order valence-corrected chi connectivity index (χ1v) is 25.1. The first-order chi connectivity index (χ1) is 19.3. The van der Waals surface area contributed by atoms with Crippen LogP contribution in [0.2, 0.25) is 24.2 Å². The van der Waals surface area contributed by atoms with Crippen molar-refractivity contribution in [3.8, 4) is 0 Å². The Morgan fingerprint density at radius 1 is 0.350 bits per heavy atom. The van der Waals surface area contributed by atoms with Gasteiger partial charge in [0.2, 0.25) is 0 Å². The van der Waals surface area contributed by atoms with Crippen LogP contribution in [0.25, 0.3) is 0 Å². The molecule has 40 heavy (non-hydrogen) atoms. The number of unbranched alkanes of at least 4 members (excludes halogenated alkanes) is 12.